The number of unbranched alkanes of at least 4 members (excludes halogenated alkanes) is 13. The highest BCUT2D eigenvalue weighted by molar-refractivity contribution is 5.67. The Hall–Kier alpha value is -1.59. The summed E-state index contributed by atoms with van der Waals surface area (Å²) in [6.07, 6.45) is 20.3. The molecule has 0 bridgehead atoms. The van der Waals surface area contributed by atoms with Crippen molar-refractivity contribution in [3.05, 3.63) is 0 Å². The molecular formula is C28H58O6. The van der Waals surface area contributed by atoms with Crippen LogP contribution in [0.3, 0.4) is 0 Å². The minimum Gasteiger partial charge on any atom is -0.481 e. The third-order valence-electron chi connectivity index (χ3n) is 4.98. The number of carbonyl (C=O) groups is 3. The third-order valence-corrected chi connectivity index (χ3v) is 4.98. The second-order valence-corrected chi connectivity index (χ2v) is 8.67. The predicted molar refractivity (Wildman–Crippen MR) is 144 cm³/mol. The summed E-state index contributed by atoms with van der Waals surface area (Å²) in [7, 11) is 0. The molecule has 0 fully saturated rings. The van der Waals surface area contributed by atoms with Crippen LogP contribution in [0.1, 0.15) is 163 Å². The summed E-state index contributed by atoms with van der Waals surface area (Å²) < 4.78 is 0. The van der Waals surface area contributed by atoms with Gasteiger partial charge in [0.05, 0.1) is 0 Å². The van der Waals surface area contributed by atoms with Gasteiger partial charge in [0.15, 0.2) is 0 Å². The molecule has 0 aliphatic heterocycles. The van der Waals surface area contributed by atoms with Crippen molar-refractivity contribution in [2.75, 3.05) is 0 Å². The predicted octanol–water partition coefficient (Wildman–Crippen LogP) is 9.10. The van der Waals surface area contributed by atoms with E-state index in [1.165, 1.54) is 70.6 Å². The van der Waals surface area contributed by atoms with Crippen molar-refractivity contribution in [2.24, 2.45) is 0 Å². The molecular weight excluding hydrogens is 432 g/mol. The summed E-state index contributed by atoms with van der Waals surface area (Å²) in [4.78, 5) is 30.1. The molecule has 0 saturated heterocycles. The van der Waals surface area contributed by atoms with E-state index < -0.39 is 17.9 Å². The zero-order valence-electron chi connectivity index (χ0n) is 23.2. The van der Waals surface area contributed by atoms with Gasteiger partial charge in [0.1, 0.15) is 0 Å². The van der Waals surface area contributed by atoms with Crippen molar-refractivity contribution in [3.63, 3.8) is 0 Å². The molecule has 6 nitrogen and oxygen atoms in total. The number of carboxylic acids is 3. The van der Waals surface area contributed by atoms with E-state index in [9.17, 15) is 14.4 Å². The zero-order valence-corrected chi connectivity index (χ0v) is 23.2. The summed E-state index contributed by atoms with van der Waals surface area (Å²) in [5, 5.41) is 24.8. The molecule has 6 heteroatoms. The SMILES string of the molecule is CCCC.CCCCCCCC(=O)O.CCCCCCCC(=O)O.CCCCCCCC(=O)O. The Morgan fingerprint density at radius 1 is 0.353 bits per heavy atom. The molecule has 0 spiro atoms. The molecule has 0 rings (SSSR count). The number of hydrogen-bond donors (Lipinski definition) is 3. The van der Waals surface area contributed by atoms with Crippen LogP contribution in [0, 0.1) is 0 Å². The fraction of sp³-hybridized carbons (Fsp3) is 0.893. The smallest absolute Gasteiger partial charge is 0.303 e. The number of hydrogen-bond acceptors (Lipinski definition) is 3. The lowest BCUT2D eigenvalue weighted by Gasteiger charge is -1.95. The van der Waals surface area contributed by atoms with Gasteiger partial charge in [0.2, 0.25) is 0 Å². The van der Waals surface area contributed by atoms with Crippen LogP contribution in [0.25, 0.3) is 0 Å². The standard InChI is InChI=1S/3C8H16O2.C4H10/c3*1-2-3-4-5-6-7-8(9)10;1-3-4-2/h3*2-7H2,1H3,(H,9,10);3-4H2,1-2H3. The van der Waals surface area contributed by atoms with Crippen molar-refractivity contribution in [2.45, 2.75) is 163 Å². The van der Waals surface area contributed by atoms with Gasteiger partial charge in [-0.15, -0.1) is 0 Å². The van der Waals surface area contributed by atoms with Crippen LogP contribution in [-0.4, -0.2) is 33.2 Å². The lowest BCUT2D eigenvalue weighted by molar-refractivity contribution is -0.138. The lowest BCUT2D eigenvalue weighted by Crippen LogP contribution is -1.93. The molecule has 0 saturated carbocycles. The molecule has 34 heavy (non-hydrogen) atoms. The Kier molecular flexibility index (Phi) is 45.0. The fourth-order valence-corrected chi connectivity index (χ4v) is 2.64. The minimum absolute atomic E-state index is 0.337. The first-order valence-electron chi connectivity index (χ1n) is 13.9. The Labute approximate surface area is 210 Å². The van der Waals surface area contributed by atoms with Crippen molar-refractivity contribution in [1.82, 2.24) is 0 Å². The van der Waals surface area contributed by atoms with E-state index in [-0.39, 0.29) is 0 Å². The second-order valence-electron chi connectivity index (χ2n) is 8.67. The van der Waals surface area contributed by atoms with Crippen molar-refractivity contribution in [3.8, 4) is 0 Å². The van der Waals surface area contributed by atoms with Gasteiger partial charge >= 0.3 is 17.9 Å². The van der Waals surface area contributed by atoms with E-state index in [2.05, 4.69) is 34.6 Å². The maximum absolute atomic E-state index is 10.0. The number of aliphatic carboxylic acids is 3. The van der Waals surface area contributed by atoms with E-state index in [1.807, 2.05) is 0 Å². The monoisotopic (exact) mass is 490 g/mol. The van der Waals surface area contributed by atoms with Crippen LogP contribution in [0.4, 0.5) is 0 Å². The molecule has 0 atom stereocenters. The molecule has 0 aromatic heterocycles. The van der Waals surface area contributed by atoms with Gasteiger partial charge in [0, 0.05) is 19.3 Å². The van der Waals surface area contributed by atoms with E-state index >= 15 is 0 Å². The largest absolute Gasteiger partial charge is 0.481 e. The average Bonchev–Trinajstić information content (AvgIpc) is 2.79. The van der Waals surface area contributed by atoms with Gasteiger partial charge in [-0.25, -0.2) is 0 Å². The summed E-state index contributed by atoms with van der Waals surface area (Å²) in [5.41, 5.74) is 0. The van der Waals surface area contributed by atoms with Crippen LogP contribution in [-0.2, 0) is 14.4 Å². The molecule has 0 unspecified atom stereocenters. The Morgan fingerprint density at radius 2 is 0.559 bits per heavy atom. The van der Waals surface area contributed by atoms with Crippen LogP contribution in [0.5, 0.6) is 0 Å². The number of carboxylic acid groups (broad SMARTS) is 3. The molecule has 3 N–H and O–H groups in total. The molecule has 0 radical (unpaired) electrons. The summed E-state index contributed by atoms with van der Waals surface area (Å²) in [5.74, 6) is -2.01. The fourth-order valence-electron chi connectivity index (χ4n) is 2.64. The van der Waals surface area contributed by atoms with E-state index in [0.717, 1.165) is 38.5 Å². The lowest BCUT2D eigenvalue weighted by atomic mass is 10.1. The van der Waals surface area contributed by atoms with Gasteiger partial charge in [0.25, 0.3) is 0 Å². The van der Waals surface area contributed by atoms with Gasteiger partial charge in [-0.3, -0.25) is 14.4 Å². The maximum atomic E-state index is 10.0. The molecule has 0 aliphatic carbocycles. The van der Waals surface area contributed by atoms with Crippen molar-refractivity contribution < 1.29 is 29.7 Å². The highest BCUT2D eigenvalue weighted by Crippen LogP contribution is 2.05. The first-order valence-corrected chi connectivity index (χ1v) is 13.9. The van der Waals surface area contributed by atoms with Crippen molar-refractivity contribution >= 4 is 17.9 Å². The average molecular weight is 491 g/mol. The van der Waals surface area contributed by atoms with E-state index in [0.29, 0.717) is 19.3 Å². The first-order chi connectivity index (χ1) is 16.2. The Balaban J connectivity index is -0.000000184. The Morgan fingerprint density at radius 3 is 0.706 bits per heavy atom. The van der Waals surface area contributed by atoms with Crippen LogP contribution < -0.4 is 0 Å². The van der Waals surface area contributed by atoms with E-state index in [1.54, 1.807) is 0 Å². The van der Waals surface area contributed by atoms with Crippen LogP contribution >= 0.6 is 0 Å². The number of rotatable bonds is 19. The summed E-state index contributed by atoms with van der Waals surface area (Å²) in [6, 6.07) is 0. The second kappa shape index (κ2) is 38.7. The Bertz CT molecular complexity index is 351. The topological polar surface area (TPSA) is 112 Å². The first kappa shape index (κ1) is 39.6. The normalized spacial score (nSPS) is 9.44. The molecule has 0 heterocycles. The maximum Gasteiger partial charge on any atom is 0.303 e. The summed E-state index contributed by atoms with van der Waals surface area (Å²) >= 11 is 0. The van der Waals surface area contributed by atoms with Gasteiger partial charge in [-0.05, 0) is 19.3 Å². The zero-order chi connectivity index (χ0) is 26.9. The molecule has 0 aromatic rings. The quantitative estimate of drug-likeness (QED) is 0.156. The van der Waals surface area contributed by atoms with E-state index in [4.69, 9.17) is 15.3 Å². The molecule has 206 valence electrons. The summed E-state index contributed by atoms with van der Waals surface area (Å²) in [6.45, 7) is 10.8. The van der Waals surface area contributed by atoms with Crippen LogP contribution in [0.15, 0.2) is 0 Å². The highest BCUT2D eigenvalue weighted by Gasteiger charge is 1.96. The molecule has 0 aliphatic rings. The van der Waals surface area contributed by atoms with Gasteiger partial charge < -0.3 is 15.3 Å². The third kappa shape index (κ3) is 63.1. The van der Waals surface area contributed by atoms with Crippen LogP contribution in [0.2, 0.25) is 0 Å². The van der Waals surface area contributed by atoms with Gasteiger partial charge in [-0.2, -0.15) is 0 Å². The van der Waals surface area contributed by atoms with Crippen molar-refractivity contribution in [1.29, 1.82) is 0 Å². The van der Waals surface area contributed by atoms with Gasteiger partial charge in [-0.1, -0.05) is 125 Å². The minimum atomic E-state index is -0.670. The highest BCUT2D eigenvalue weighted by atomic mass is 16.4. The molecule has 0 aromatic carbocycles. The molecule has 0 amide bonds.